The van der Waals surface area contributed by atoms with Crippen molar-refractivity contribution in [3.05, 3.63) is 39.8 Å². The Hall–Kier alpha value is -2.47. The first-order valence-corrected chi connectivity index (χ1v) is 7.99. The van der Waals surface area contributed by atoms with Gasteiger partial charge in [-0.2, -0.15) is 0 Å². The number of fused-ring (bicyclic) bond motifs is 1. The summed E-state index contributed by atoms with van der Waals surface area (Å²) in [6.45, 7) is 5.62. The van der Waals surface area contributed by atoms with Crippen LogP contribution in [0.15, 0.2) is 23.5 Å². The average molecular weight is 347 g/mol. The zero-order valence-corrected chi connectivity index (χ0v) is 14.5. The molecule has 5 N–H and O–H groups in total. The van der Waals surface area contributed by atoms with Crippen molar-refractivity contribution in [1.29, 1.82) is 0 Å². The summed E-state index contributed by atoms with van der Waals surface area (Å²) < 4.78 is 1.71. The van der Waals surface area contributed by atoms with Crippen LogP contribution in [-0.4, -0.2) is 20.6 Å². The third-order valence-corrected chi connectivity index (χ3v) is 4.88. The Balaban J connectivity index is 2.47. The van der Waals surface area contributed by atoms with E-state index >= 15 is 0 Å². The highest BCUT2D eigenvalue weighted by atomic mass is 35.5. The van der Waals surface area contributed by atoms with Gasteiger partial charge in [0.2, 0.25) is 0 Å². The minimum atomic E-state index is -0.639. The van der Waals surface area contributed by atoms with Gasteiger partial charge in [0.05, 0.1) is 16.3 Å². The molecule has 0 saturated heterocycles. The molecule has 0 bridgehead atoms. The number of nitrogens with two attached hydrogens (primary N) is 2. The number of nitrogen functional groups attached to an aromatic ring is 1. The van der Waals surface area contributed by atoms with E-state index in [9.17, 15) is 9.90 Å². The number of allylic oxidation sites excluding steroid dienone is 3. The molecule has 0 spiro atoms. The van der Waals surface area contributed by atoms with E-state index in [2.05, 4.69) is 4.98 Å². The number of carbonyl (C=O) groups is 1. The monoisotopic (exact) mass is 346 g/mol. The lowest BCUT2D eigenvalue weighted by molar-refractivity contribution is 0.100. The van der Waals surface area contributed by atoms with Crippen LogP contribution in [-0.2, 0) is 0 Å². The molecular weight excluding hydrogens is 328 g/mol. The van der Waals surface area contributed by atoms with Crippen LogP contribution >= 0.6 is 11.6 Å². The second kappa shape index (κ2) is 5.56. The van der Waals surface area contributed by atoms with Gasteiger partial charge in [-0.3, -0.25) is 9.36 Å². The smallest absolute Gasteiger partial charge is 0.253 e. The van der Waals surface area contributed by atoms with E-state index in [1.54, 1.807) is 23.6 Å². The molecule has 7 heteroatoms. The summed E-state index contributed by atoms with van der Waals surface area (Å²) in [5.74, 6) is -0.130. The summed E-state index contributed by atoms with van der Waals surface area (Å²) in [5.41, 5.74) is 14.6. The normalized spacial score (nSPS) is 18.2. The number of amides is 1. The Labute approximate surface area is 144 Å². The van der Waals surface area contributed by atoms with Gasteiger partial charge in [0.25, 0.3) is 5.91 Å². The van der Waals surface area contributed by atoms with Crippen molar-refractivity contribution in [2.45, 2.75) is 27.2 Å². The molecule has 1 aliphatic rings. The van der Waals surface area contributed by atoms with Crippen molar-refractivity contribution in [2.24, 2.45) is 11.7 Å². The van der Waals surface area contributed by atoms with Crippen molar-refractivity contribution in [1.82, 2.24) is 9.55 Å². The van der Waals surface area contributed by atoms with Crippen molar-refractivity contribution >= 4 is 40.1 Å². The van der Waals surface area contributed by atoms with E-state index < -0.39 is 5.91 Å². The van der Waals surface area contributed by atoms with Crippen LogP contribution in [0.5, 0.6) is 0 Å². The molecule has 2 aromatic rings. The first-order chi connectivity index (χ1) is 11.2. The SMILES string of the molecule is CC1=C(n2c(N)c(C(N)=O)c3cc(Cl)c(C)nc32)C(C)CC=C1O. The number of halogens is 1. The Morgan fingerprint density at radius 2 is 2.12 bits per heavy atom. The van der Waals surface area contributed by atoms with Crippen LogP contribution in [0.2, 0.25) is 5.02 Å². The molecule has 2 aromatic heterocycles. The summed E-state index contributed by atoms with van der Waals surface area (Å²) >= 11 is 6.17. The highest BCUT2D eigenvalue weighted by Gasteiger charge is 2.28. The van der Waals surface area contributed by atoms with Crippen molar-refractivity contribution in [2.75, 3.05) is 5.73 Å². The second-order valence-electron chi connectivity index (χ2n) is 6.12. The number of pyridine rings is 1. The average Bonchev–Trinajstić information content (AvgIpc) is 2.77. The Morgan fingerprint density at radius 3 is 2.75 bits per heavy atom. The predicted octanol–water partition coefficient (Wildman–Crippen LogP) is 3.39. The third kappa shape index (κ3) is 2.26. The summed E-state index contributed by atoms with van der Waals surface area (Å²) in [7, 11) is 0. The van der Waals surface area contributed by atoms with Crippen LogP contribution in [0.3, 0.4) is 0 Å². The fraction of sp³-hybridized carbons (Fsp3) is 0.294. The van der Waals surface area contributed by atoms with Gasteiger partial charge in [0, 0.05) is 22.6 Å². The van der Waals surface area contributed by atoms with Gasteiger partial charge in [0.1, 0.15) is 17.2 Å². The summed E-state index contributed by atoms with van der Waals surface area (Å²) in [4.78, 5) is 16.5. The highest BCUT2D eigenvalue weighted by Crippen LogP contribution is 2.39. The van der Waals surface area contributed by atoms with E-state index in [4.69, 9.17) is 23.1 Å². The molecule has 0 aliphatic heterocycles. The number of nitrogens with zero attached hydrogens (tertiary/aromatic N) is 2. The topological polar surface area (TPSA) is 107 Å². The number of aliphatic hydroxyl groups excluding tert-OH is 1. The minimum Gasteiger partial charge on any atom is -0.508 e. The Kier molecular flexibility index (Phi) is 3.80. The number of primary amides is 1. The van der Waals surface area contributed by atoms with Gasteiger partial charge >= 0.3 is 0 Å². The summed E-state index contributed by atoms with van der Waals surface area (Å²) in [6, 6.07) is 1.66. The lowest BCUT2D eigenvalue weighted by Gasteiger charge is -2.25. The maximum absolute atomic E-state index is 11.9. The molecule has 2 heterocycles. The number of aromatic nitrogens is 2. The molecule has 0 aromatic carbocycles. The molecule has 3 rings (SSSR count). The summed E-state index contributed by atoms with van der Waals surface area (Å²) in [6.07, 6.45) is 2.44. The lowest BCUT2D eigenvalue weighted by Crippen LogP contribution is -2.17. The van der Waals surface area contributed by atoms with Crippen molar-refractivity contribution < 1.29 is 9.90 Å². The largest absolute Gasteiger partial charge is 0.508 e. The number of aryl methyl sites for hydroxylation is 1. The number of rotatable bonds is 2. The van der Waals surface area contributed by atoms with Gasteiger partial charge in [-0.1, -0.05) is 18.5 Å². The fourth-order valence-electron chi connectivity index (χ4n) is 3.23. The number of carbonyl (C=O) groups excluding carboxylic acids is 1. The van der Waals surface area contributed by atoms with Crippen molar-refractivity contribution in [3.8, 4) is 0 Å². The number of hydrogen-bond donors (Lipinski definition) is 3. The zero-order chi connectivity index (χ0) is 17.8. The van der Waals surface area contributed by atoms with E-state index in [-0.39, 0.29) is 23.1 Å². The standard InChI is InChI=1S/C17H19ClN4O2/c1-7-4-5-12(23)8(2)14(7)22-15(19)13(16(20)24)10-6-11(18)9(3)21-17(10)22/h5-7,23H,4,19H2,1-3H3,(H2,20,24). The van der Waals surface area contributed by atoms with Crippen molar-refractivity contribution in [3.63, 3.8) is 0 Å². The van der Waals surface area contributed by atoms with Crippen LogP contribution in [0.1, 0.15) is 36.3 Å². The Bertz CT molecular complexity index is 940. The fourth-order valence-corrected chi connectivity index (χ4v) is 3.38. The molecule has 0 saturated carbocycles. The van der Waals surface area contributed by atoms with Gasteiger partial charge < -0.3 is 16.6 Å². The maximum atomic E-state index is 11.9. The van der Waals surface area contributed by atoms with Gasteiger partial charge in [-0.25, -0.2) is 4.98 Å². The predicted molar refractivity (Wildman–Crippen MR) is 95.8 cm³/mol. The quantitative estimate of drug-likeness (QED) is 0.774. The van der Waals surface area contributed by atoms with E-state index in [1.165, 1.54) is 0 Å². The van der Waals surface area contributed by atoms with Gasteiger partial charge in [-0.05, 0) is 32.4 Å². The molecule has 126 valence electrons. The van der Waals surface area contributed by atoms with Crippen LogP contribution in [0.25, 0.3) is 16.7 Å². The molecule has 1 amide bonds. The van der Waals surface area contributed by atoms with Crippen LogP contribution in [0, 0.1) is 12.8 Å². The minimum absolute atomic E-state index is 0.0947. The highest BCUT2D eigenvalue weighted by molar-refractivity contribution is 6.32. The van der Waals surface area contributed by atoms with E-state index in [1.807, 2.05) is 13.8 Å². The molecule has 0 fully saturated rings. The van der Waals surface area contributed by atoms with E-state index in [0.717, 1.165) is 5.70 Å². The molecule has 0 radical (unpaired) electrons. The molecule has 1 atom stereocenters. The molecule has 1 unspecified atom stereocenters. The molecule has 24 heavy (non-hydrogen) atoms. The molecule has 1 aliphatic carbocycles. The zero-order valence-electron chi connectivity index (χ0n) is 13.7. The Morgan fingerprint density at radius 1 is 1.46 bits per heavy atom. The number of anilines is 1. The molecular formula is C17H19ClN4O2. The number of aliphatic hydroxyl groups is 1. The van der Waals surface area contributed by atoms with Gasteiger partial charge in [0.15, 0.2) is 0 Å². The first kappa shape index (κ1) is 16.4. The molecule has 6 nitrogen and oxygen atoms in total. The third-order valence-electron chi connectivity index (χ3n) is 4.50. The summed E-state index contributed by atoms with van der Waals surface area (Å²) in [5, 5.41) is 11.1. The van der Waals surface area contributed by atoms with E-state index in [0.29, 0.717) is 33.7 Å². The first-order valence-electron chi connectivity index (χ1n) is 7.61. The number of hydrogen-bond acceptors (Lipinski definition) is 4. The van der Waals surface area contributed by atoms with Crippen LogP contribution in [0.4, 0.5) is 5.82 Å². The van der Waals surface area contributed by atoms with Gasteiger partial charge in [-0.15, -0.1) is 0 Å². The lowest BCUT2D eigenvalue weighted by atomic mass is 9.93. The second-order valence-corrected chi connectivity index (χ2v) is 6.53. The maximum Gasteiger partial charge on any atom is 0.253 e. The van der Waals surface area contributed by atoms with Crippen LogP contribution < -0.4 is 11.5 Å².